The molecule has 4 aromatic rings. The standard InChI is InChI=1S/C23H17ClFN3O5S/c24-16-7-9-18(28-34(31,32)15-4-2-1-3-5-15)22(25)21(16)23(30)14-6-8-17-19(12-14)27-20(13-26-17)33-11-10-29/h1-9,12-13,28-29H,10-11H2. The highest BCUT2D eigenvalue weighted by atomic mass is 35.5. The number of sulfonamides is 1. The number of aliphatic hydroxyl groups excluding tert-OH is 1. The summed E-state index contributed by atoms with van der Waals surface area (Å²) < 4.78 is 47.9. The first-order valence-electron chi connectivity index (χ1n) is 9.91. The summed E-state index contributed by atoms with van der Waals surface area (Å²) in [5.74, 6) is -1.73. The van der Waals surface area contributed by atoms with Gasteiger partial charge in [-0.2, -0.15) is 0 Å². The molecule has 8 nitrogen and oxygen atoms in total. The van der Waals surface area contributed by atoms with Crippen molar-refractivity contribution in [2.24, 2.45) is 0 Å². The van der Waals surface area contributed by atoms with Crippen LogP contribution in [-0.4, -0.2) is 42.5 Å². The zero-order chi connectivity index (χ0) is 24.3. The lowest BCUT2D eigenvalue weighted by atomic mass is 10.0. The van der Waals surface area contributed by atoms with Gasteiger partial charge in [-0.3, -0.25) is 9.52 Å². The van der Waals surface area contributed by atoms with Gasteiger partial charge in [0, 0.05) is 5.56 Å². The molecule has 0 atom stereocenters. The molecule has 2 N–H and O–H groups in total. The third-order valence-corrected chi connectivity index (χ3v) is 6.44. The van der Waals surface area contributed by atoms with Crippen molar-refractivity contribution in [1.82, 2.24) is 9.97 Å². The summed E-state index contributed by atoms with van der Waals surface area (Å²) in [5, 5.41) is 8.70. The maximum absolute atomic E-state index is 15.3. The van der Waals surface area contributed by atoms with Gasteiger partial charge in [0.05, 0.1) is 45.0 Å². The van der Waals surface area contributed by atoms with Crippen LogP contribution in [0.25, 0.3) is 11.0 Å². The summed E-state index contributed by atoms with van der Waals surface area (Å²) in [6.45, 7) is -0.189. The Hall–Kier alpha value is -3.60. The van der Waals surface area contributed by atoms with Gasteiger partial charge in [-0.15, -0.1) is 0 Å². The minimum atomic E-state index is -4.09. The molecule has 34 heavy (non-hydrogen) atoms. The number of rotatable bonds is 8. The van der Waals surface area contributed by atoms with E-state index in [9.17, 15) is 13.2 Å². The van der Waals surface area contributed by atoms with Gasteiger partial charge in [0.15, 0.2) is 11.6 Å². The lowest BCUT2D eigenvalue weighted by Crippen LogP contribution is -2.16. The lowest BCUT2D eigenvalue weighted by Gasteiger charge is -2.13. The van der Waals surface area contributed by atoms with Crippen LogP contribution >= 0.6 is 11.6 Å². The number of hydrogen-bond donors (Lipinski definition) is 2. The predicted molar refractivity (Wildman–Crippen MR) is 124 cm³/mol. The molecule has 0 bridgehead atoms. The van der Waals surface area contributed by atoms with Crippen molar-refractivity contribution in [1.29, 1.82) is 0 Å². The number of ketones is 1. The van der Waals surface area contributed by atoms with Crippen LogP contribution in [0.15, 0.2) is 71.8 Å². The Bertz CT molecular complexity index is 1480. The molecule has 174 valence electrons. The summed E-state index contributed by atoms with van der Waals surface area (Å²) in [6, 6.07) is 14.2. The number of fused-ring (bicyclic) bond motifs is 1. The van der Waals surface area contributed by atoms with Crippen LogP contribution in [0.4, 0.5) is 10.1 Å². The summed E-state index contributed by atoms with van der Waals surface area (Å²) in [5.41, 5.74) is -0.0839. The maximum Gasteiger partial charge on any atom is 0.261 e. The fourth-order valence-corrected chi connectivity index (χ4v) is 4.45. The molecule has 0 unspecified atom stereocenters. The van der Waals surface area contributed by atoms with E-state index in [4.69, 9.17) is 21.4 Å². The topological polar surface area (TPSA) is 118 Å². The van der Waals surface area contributed by atoms with E-state index in [1.165, 1.54) is 54.7 Å². The number of halogens is 2. The van der Waals surface area contributed by atoms with Crippen molar-refractivity contribution in [2.45, 2.75) is 4.90 Å². The highest BCUT2D eigenvalue weighted by Gasteiger charge is 2.24. The van der Waals surface area contributed by atoms with E-state index < -0.39 is 32.9 Å². The molecule has 1 heterocycles. The monoisotopic (exact) mass is 501 g/mol. The van der Waals surface area contributed by atoms with E-state index in [0.29, 0.717) is 11.0 Å². The van der Waals surface area contributed by atoms with Crippen LogP contribution in [0.1, 0.15) is 15.9 Å². The number of nitrogens with one attached hydrogen (secondary N) is 1. The SMILES string of the molecule is O=C(c1ccc2ncc(OCCO)nc2c1)c1c(Cl)ccc(NS(=O)(=O)c2ccccc2)c1F. The van der Waals surface area contributed by atoms with Crippen LogP contribution in [0, 0.1) is 5.82 Å². The third kappa shape index (κ3) is 4.84. The maximum atomic E-state index is 15.3. The molecular formula is C23H17ClFN3O5S. The average molecular weight is 502 g/mol. The van der Waals surface area contributed by atoms with E-state index in [2.05, 4.69) is 14.7 Å². The van der Waals surface area contributed by atoms with E-state index in [1.807, 2.05) is 0 Å². The van der Waals surface area contributed by atoms with Crippen LogP contribution in [-0.2, 0) is 10.0 Å². The fourth-order valence-electron chi connectivity index (χ4n) is 3.14. The molecule has 1 aromatic heterocycles. The molecule has 0 saturated heterocycles. The second-order valence-electron chi connectivity index (χ2n) is 7.02. The number of aromatic nitrogens is 2. The summed E-state index contributed by atoms with van der Waals surface area (Å²) in [7, 11) is -4.09. The second-order valence-corrected chi connectivity index (χ2v) is 9.11. The normalized spacial score (nSPS) is 11.4. The predicted octanol–water partition coefficient (Wildman–Crippen LogP) is 3.83. The second kappa shape index (κ2) is 9.72. The molecule has 0 aliphatic heterocycles. The van der Waals surface area contributed by atoms with Crippen molar-refractivity contribution in [3.05, 3.63) is 88.8 Å². The van der Waals surface area contributed by atoms with Crippen molar-refractivity contribution in [3.8, 4) is 5.88 Å². The molecule has 4 rings (SSSR count). The highest BCUT2D eigenvalue weighted by molar-refractivity contribution is 7.92. The molecule has 11 heteroatoms. The zero-order valence-corrected chi connectivity index (χ0v) is 19.0. The number of aliphatic hydroxyl groups is 1. The number of anilines is 1. The van der Waals surface area contributed by atoms with Gasteiger partial charge in [-0.25, -0.2) is 22.8 Å². The quantitative estimate of drug-likeness (QED) is 0.352. The number of benzene rings is 3. The molecule has 0 fully saturated rings. The Kier molecular flexibility index (Phi) is 6.73. The number of hydrogen-bond acceptors (Lipinski definition) is 7. The van der Waals surface area contributed by atoms with Gasteiger partial charge in [0.2, 0.25) is 5.88 Å². The zero-order valence-electron chi connectivity index (χ0n) is 17.4. The van der Waals surface area contributed by atoms with Crippen molar-refractivity contribution in [3.63, 3.8) is 0 Å². The Morgan fingerprint density at radius 2 is 1.85 bits per heavy atom. The molecule has 0 amide bonds. The van der Waals surface area contributed by atoms with Crippen molar-refractivity contribution in [2.75, 3.05) is 17.9 Å². The Morgan fingerprint density at radius 3 is 2.59 bits per heavy atom. The number of nitrogens with zero attached hydrogens (tertiary/aromatic N) is 2. The van der Waals surface area contributed by atoms with Gasteiger partial charge in [-0.1, -0.05) is 29.8 Å². The van der Waals surface area contributed by atoms with Crippen LogP contribution < -0.4 is 9.46 Å². The minimum absolute atomic E-state index is 0.0192. The molecule has 0 saturated carbocycles. The molecule has 3 aromatic carbocycles. The van der Waals surface area contributed by atoms with Gasteiger partial charge in [0.25, 0.3) is 10.0 Å². The number of carbonyl (C=O) groups excluding carboxylic acids is 1. The smallest absolute Gasteiger partial charge is 0.261 e. The van der Waals surface area contributed by atoms with E-state index >= 15 is 4.39 Å². The molecule has 0 radical (unpaired) electrons. The first-order chi connectivity index (χ1) is 16.3. The van der Waals surface area contributed by atoms with Gasteiger partial charge < -0.3 is 9.84 Å². The summed E-state index contributed by atoms with van der Waals surface area (Å²) in [6.07, 6.45) is 1.37. The average Bonchev–Trinajstić information content (AvgIpc) is 2.84. The molecule has 0 spiro atoms. The first kappa shape index (κ1) is 23.6. The summed E-state index contributed by atoms with van der Waals surface area (Å²) in [4.78, 5) is 21.5. The molecular weight excluding hydrogens is 485 g/mol. The molecule has 0 aliphatic rings. The van der Waals surface area contributed by atoms with Crippen LogP contribution in [0.3, 0.4) is 0 Å². The van der Waals surface area contributed by atoms with Crippen LogP contribution in [0.5, 0.6) is 5.88 Å². The Morgan fingerprint density at radius 1 is 1.09 bits per heavy atom. The Labute approximate surface area is 199 Å². The third-order valence-electron chi connectivity index (χ3n) is 4.74. The van der Waals surface area contributed by atoms with E-state index in [1.54, 1.807) is 6.07 Å². The number of carbonyl (C=O) groups is 1. The van der Waals surface area contributed by atoms with Gasteiger partial charge >= 0.3 is 0 Å². The van der Waals surface area contributed by atoms with Crippen molar-refractivity contribution < 1.29 is 27.4 Å². The largest absolute Gasteiger partial charge is 0.474 e. The fraction of sp³-hybridized carbons (Fsp3) is 0.0870. The molecule has 0 aliphatic carbocycles. The van der Waals surface area contributed by atoms with Crippen molar-refractivity contribution >= 4 is 44.1 Å². The van der Waals surface area contributed by atoms with E-state index in [0.717, 1.165) is 6.07 Å². The van der Waals surface area contributed by atoms with Gasteiger partial charge in [-0.05, 0) is 42.5 Å². The van der Waals surface area contributed by atoms with Gasteiger partial charge in [0.1, 0.15) is 6.61 Å². The Balaban J connectivity index is 1.70. The summed E-state index contributed by atoms with van der Waals surface area (Å²) >= 11 is 6.13. The first-order valence-corrected chi connectivity index (χ1v) is 11.8. The van der Waals surface area contributed by atoms with Crippen LogP contribution in [0.2, 0.25) is 5.02 Å². The number of ether oxygens (including phenoxy) is 1. The minimum Gasteiger partial charge on any atom is -0.474 e. The van der Waals surface area contributed by atoms with E-state index in [-0.39, 0.29) is 34.6 Å². The highest BCUT2D eigenvalue weighted by Crippen LogP contribution is 2.30. The lowest BCUT2D eigenvalue weighted by molar-refractivity contribution is 0.103.